The van der Waals surface area contributed by atoms with Crippen LogP contribution in [-0.2, 0) is 6.54 Å². The van der Waals surface area contributed by atoms with Gasteiger partial charge >= 0.3 is 0 Å². The molecule has 108 valence electrons. The fourth-order valence-electron chi connectivity index (χ4n) is 2.05. The smallest absolute Gasteiger partial charge is 0.0799 e. The van der Waals surface area contributed by atoms with Crippen molar-refractivity contribution in [3.05, 3.63) is 56.5 Å². The molecule has 0 aliphatic rings. The number of anilines is 1. The summed E-state index contributed by atoms with van der Waals surface area (Å²) in [4.78, 5) is 1.19. The number of thiophene rings is 1. The first-order valence-corrected chi connectivity index (χ1v) is 8.46. The molecule has 2 heterocycles. The van der Waals surface area contributed by atoms with Gasteiger partial charge in [-0.2, -0.15) is 5.10 Å². The second-order valence-electron chi connectivity index (χ2n) is 4.68. The van der Waals surface area contributed by atoms with Crippen molar-refractivity contribution in [3.8, 4) is 10.6 Å². The Kier molecular flexibility index (Phi) is 4.33. The zero-order valence-electron chi connectivity index (χ0n) is 11.3. The number of aromatic amines is 1. The van der Waals surface area contributed by atoms with Gasteiger partial charge in [-0.3, -0.25) is 5.10 Å². The Morgan fingerprint density at radius 1 is 1.43 bits per heavy atom. The Balaban J connectivity index is 1.80. The van der Waals surface area contributed by atoms with Crippen LogP contribution in [0, 0.1) is 6.92 Å². The maximum absolute atomic E-state index is 6.18. The van der Waals surface area contributed by atoms with E-state index < -0.39 is 0 Å². The van der Waals surface area contributed by atoms with Crippen LogP contribution in [0.5, 0.6) is 0 Å². The molecule has 0 saturated carbocycles. The Hall–Kier alpha value is -1.30. The molecule has 0 radical (unpaired) electrons. The van der Waals surface area contributed by atoms with E-state index >= 15 is 0 Å². The lowest BCUT2D eigenvalue weighted by Crippen LogP contribution is -2.00. The van der Waals surface area contributed by atoms with Crippen molar-refractivity contribution >= 4 is 44.6 Å². The quantitative estimate of drug-likeness (QED) is 0.627. The van der Waals surface area contributed by atoms with Crippen LogP contribution in [0.2, 0.25) is 5.02 Å². The largest absolute Gasteiger partial charge is 0.380 e. The Morgan fingerprint density at radius 2 is 2.29 bits per heavy atom. The topological polar surface area (TPSA) is 40.7 Å². The Morgan fingerprint density at radius 3 is 3.05 bits per heavy atom. The summed E-state index contributed by atoms with van der Waals surface area (Å²) in [5.74, 6) is 0. The van der Waals surface area contributed by atoms with Crippen molar-refractivity contribution in [1.82, 2.24) is 10.2 Å². The van der Waals surface area contributed by atoms with Crippen LogP contribution >= 0.6 is 38.9 Å². The normalized spacial score (nSPS) is 10.8. The summed E-state index contributed by atoms with van der Waals surface area (Å²) in [5.41, 5.74) is 4.22. The SMILES string of the molecule is Cc1cc(Br)c(NCc2cn[nH]c2-c2cccs2)cc1Cl. The van der Waals surface area contributed by atoms with E-state index in [1.54, 1.807) is 11.3 Å². The van der Waals surface area contributed by atoms with Crippen LogP contribution in [0.15, 0.2) is 40.3 Å². The minimum atomic E-state index is 0.682. The van der Waals surface area contributed by atoms with E-state index in [2.05, 4.69) is 42.9 Å². The average Bonchev–Trinajstić information content (AvgIpc) is 3.11. The third-order valence-electron chi connectivity index (χ3n) is 3.20. The number of nitrogens with zero attached hydrogens (tertiary/aromatic N) is 1. The molecule has 0 unspecified atom stereocenters. The second-order valence-corrected chi connectivity index (χ2v) is 6.89. The molecule has 0 spiro atoms. The van der Waals surface area contributed by atoms with Gasteiger partial charge in [0, 0.05) is 21.6 Å². The van der Waals surface area contributed by atoms with Gasteiger partial charge in [-0.05, 0) is 52.0 Å². The van der Waals surface area contributed by atoms with Crippen molar-refractivity contribution in [3.63, 3.8) is 0 Å². The first-order chi connectivity index (χ1) is 10.1. The van der Waals surface area contributed by atoms with Gasteiger partial charge < -0.3 is 5.32 Å². The van der Waals surface area contributed by atoms with Crippen molar-refractivity contribution in [2.75, 3.05) is 5.32 Å². The predicted molar refractivity (Wildman–Crippen MR) is 93.1 cm³/mol. The highest BCUT2D eigenvalue weighted by molar-refractivity contribution is 9.10. The van der Waals surface area contributed by atoms with Gasteiger partial charge in [-0.15, -0.1) is 11.3 Å². The molecule has 2 aromatic heterocycles. The first kappa shape index (κ1) is 14.6. The summed E-state index contributed by atoms with van der Waals surface area (Å²) in [7, 11) is 0. The van der Waals surface area contributed by atoms with Gasteiger partial charge in [-0.25, -0.2) is 0 Å². The maximum atomic E-state index is 6.18. The van der Waals surface area contributed by atoms with Gasteiger partial charge in [0.25, 0.3) is 0 Å². The van der Waals surface area contributed by atoms with Crippen molar-refractivity contribution in [1.29, 1.82) is 0 Å². The van der Waals surface area contributed by atoms with Gasteiger partial charge in [0.1, 0.15) is 0 Å². The molecule has 0 fully saturated rings. The summed E-state index contributed by atoms with van der Waals surface area (Å²) in [6.45, 7) is 2.67. The molecule has 2 N–H and O–H groups in total. The lowest BCUT2D eigenvalue weighted by Gasteiger charge is -2.10. The summed E-state index contributed by atoms with van der Waals surface area (Å²) in [6.07, 6.45) is 1.85. The molecule has 0 aliphatic carbocycles. The number of aromatic nitrogens is 2. The zero-order chi connectivity index (χ0) is 14.8. The van der Waals surface area contributed by atoms with Crippen molar-refractivity contribution in [2.45, 2.75) is 13.5 Å². The van der Waals surface area contributed by atoms with Crippen molar-refractivity contribution < 1.29 is 0 Å². The van der Waals surface area contributed by atoms with Crippen LogP contribution < -0.4 is 5.32 Å². The predicted octanol–water partition coefficient (Wildman–Crippen LogP) is 5.47. The lowest BCUT2D eigenvalue weighted by molar-refractivity contribution is 1.10. The molecule has 0 aliphatic heterocycles. The summed E-state index contributed by atoms with van der Waals surface area (Å²) < 4.78 is 1.01. The van der Waals surface area contributed by atoms with Crippen LogP contribution in [0.4, 0.5) is 5.69 Å². The number of benzene rings is 1. The Bertz CT molecular complexity index is 752. The van der Waals surface area contributed by atoms with Crippen LogP contribution in [-0.4, -0.2) is 10.2 Å². The van der Waals surface area contributed by atoms with Crippen LogP contribution in [0.3, 0.4) is 0 Å². The molecule has 6 heteroatoms. The third kappa shape index (κ3) is 3.15. The van der Waals surface area contributed by atoms with E-state index in [0.29, 0.717) is 6.54 Å². The molecule has 21 heavy (non-hydrogen) atoms. The molecule has 1 aromatic carbocycles. The fraction of sp³-hybridized carbons (Fsp3) is 0.133. The molecule has 3 aromatic rings. The highest BCUT2D eigenvalue weighted by atomic mass is 79.9. The van der Waals surface area contributed by atoms with Crippen LogP contribution in [0.25, 0.3) is 10.6 Å². The molecule has 0 saturated heterocycles. The summed E-state index contributed by atoms with van der Waals surface area (Å²) in [6, 6.07) is 8.07. The summed E-state index contributed by atoms with van der Waals surface area (Å²) >= 11 is 11.4. The molecular formula is C15H13BrClN3S. The van der Waals surface area contributed by atoms with E-state index in [1.165, 1.54) is 4.88 Å². The van der Waals surface area contributed by atoms with Gasteiger partial charge in [-0.1, -0.05) is 17.7 Å². The highest BCUT2D eigenvalue weighted by Crippen LogP contribution is 2.31. The molecular weight excluding hydrogens is 370 g/mol. The number of hydrogen-bond acceptors (Lipinski definition) is 3. The number of rotatable bonds is 4. The van der Waals surface area contributed by atoms with E-state index in [1.807, 2.05) is 31.3 Å². The van der Waals surface area contributed by atoms with E-state index in [0.717, 1.165) is 32.0 Å². The maximum Gasteiger partial charge on any atom is 0.0799 e. The number of aryl methyl sites for hydroxylation is 1. The minimum Gasteiger partial charge on any atom is -0.380 e. The van der Waals surface area contributed by atoms with E-state index in [-0.39, 0.29) is 0 Å². The second kappa shape index (κ2) is 6.22. The number of halogens is 2. The lowest BCUT2D eigenvalue weighted by atomic mass is 10.2. The number of nitrogens with one attached hydrogen (secondary N) is 2. The fourth-order valence-corrected chi connectivity index (χ4v) is 3.57. The molecule has 0 atom stereocenters. The third-order valence-corrected chi connectivity index (χ3v) is 5.15. The average molecular weight is 383 g/mol. The standard InChI is InChI=1S/C15H13BrClN3S/c1-9-5-11(16)13(6-12(9)17)18-7-10-8-19-20-15(10)14-3-2-4-21-14/h2-6,8,18H,7H2,1H3,(H,19,20). The van der Waals surface area contributed by atoms with Gasteiger partial charge in [0.2, 0.25) is 0 Å². The highest BCUT2D eigenvalue weighted by Gasteiger charge is 2.10. The van der Waals surface area contributed by atoms with Gasteiger partial charge in [0.05, 0.1) is 22.5 Å². The molecule has 0 bridgehead atoms. The Labute approximate surface area is 140 Å². The number of H-pyrrole nitrogens is 1. The van der Waals surface area contributed by atoms with E-state index in [9.17, 15) is 0 Å². The van der Waals surface area contributed by atoms with Crippen molar-refractivity contribution in [2.24, 2.45) is 0 Å². The van der Waals surface area contributed by atoms with E-state index in [4.69, 9.17) is 11.6 Å². The molecule has 0 amide bonds. The zero-order valence-corrected chi connectivity index (χ0v) is 14.4. The van der Waals surface area contributed by atoms with Gasteiger partial charge in [0.15, 0.2) is 0 Å². The monoisotopic (exact) mass is 381 g/mol. The number of hydrogen-bond donors (Lipinski definition) is 2. The molecule has 3 nitrogen and oxygen atoms in total. The van der Waals surface area contributed by atoms with Crippen LogP contribution in [0.1, 0.15) is 11.1 Å². The first-order valence-electron chi connectivity index (χ1n) is 6.41. The molecule has 3 rings (SSSR count). The summed E-state index contributed by atoms with van der Waals surface area (Å²) in [5, 5.41) is 13.4. The minimum absolute atomic E-state index is 0.682.